The van der Waals surface area contributed by atoms with Gasteiger partial charge in [-0.25, -0.2) is 13.4 Å². The van der Waals surface area contributed by atoms with Gasteiger partial charge >= 0.3 is 0 Å². The standard InChI is InChI=1S/C25H27N3O3S2/c1-4-27(5-2)33(29,30)23-14-10-20(11-15-23)24-18-32-25(26-21-12-8-19(3)9-13-21)28(24)17-22-7-6-16-31-22/h6-16,18H,4-5,17H2,1-3H3. The van der Waals surface area contributed by atoms with E-state index in [1.807, 2.05) is 74.7 Å². The molecule has 4 aromatic rings. The van der Waals surface area contributed by atoms with Crippen LogP contribution in [0, 0.1) is 6.92 Å². The second-order valence-corrected chi connectivity index (χ2v) is 10.4. The summed E-state index contributed by atoms with van der Waals surface area (Å²) in [5.41, 5.74) is 3.93. The Morgan fingerprint density at radius 3 is 2.30 bits per heavy atom. The fourth-order valence-corrected chi connectivity index (χ4v) is 5.99. The second-order valence-electron chi connectivity index (χ2n) is 7.63. The first-order valence-corrected chi connectivity index (χ1v) is 13.2. The summed E-state index contributed by atoms with van der Waals surface area (Å²) < 4.78 is 34.8. The molecule has 0 aliphatic rings. The lowest BCUT2D eigenvalue weighted by Crippen LogP contribution is -2.30. The van der Waals surface area contributed by atoms with Gasteiger partial charge in [0.25, 0.3) is 0 Å². The number of benzene rings is 2. The lowest BCUT2D eigenvalue weighted by Gasteiger charge is -2.18. The zero-order valence-corrected chi connectivity index (χ0v) is 20.6. The van der Waals surface area contributed by atoms with Crippen LogP contribution in [0.25, 0.3) is 11.3 Å². The Hall–Kier alpha value is -2.94. The van der Waals surface area contributed by atoms with Gasteiger partial charge in [0.1, 0.15) is 5.76 Å². The Morgan fingerprint density at radius 2 is 1.70 bits per heavy atom. The van der Waals surface area contributed by atoms with Crippen molar-refractivity contribution in [1.29, 1.82) is 0 Å². The molecule has 0 aliphatic heterocycles. The van der Waals surface area contributed by atoms with Gasteiger partial charge < -0.3 is 8.98 Å². The number of thiazole rings is 1. The third kappa shape index (κ3) is 5.03. The van der Waals surface area contributed by atoms with Crippen molar-refractivity contribution in [2.75, 3.05) is 13.1 Å². The first-order chi connectivity index (χ1) is 15.9. The van der Waals surface area contributed by atoms with E-state index in [-0.39, 0.29) is 0 Å². The monoisotopic (exact) mass is 481 g/mol. The Kier molecular flexibility index (Phi) is 6.97. The lowest BCUT2D eigenvalue weighted by molar-refractivity contribution is 0.445. The van der Waals surface area contributed by atoms with E-state index in [1.54, 1.807) is 29.7 Å². The molecule has 33 heavy (non-hydrogen) atoms. The van der Waals surface area contributed by atoms with Crippen LogP contribution in [0.15, 0.2) is 86.6 Å². The van der Waals surface area contributed by atoms with Gasteiger partial charge in [0.05, 0.1) is 29.1 Å². The van der Waals surface area contributed by atoms with Crippen LogP contribution < -0.4 is 4.80 Å². The minimum absolute atomic E-state index is 0.298. The molecule has 0 atom stereocenters. The summed E-state index contributed by atoms with van der Waals surface area (Å²) in [6.07, 6.45) is 1.66. The van der Waals surface area contributed by atoms with Crippen molar-refractivity contribution >= 4 is 27.0 Å². The highest BCUT2D eigenvalue weighted by Gasteiger charge is 2.21. The van der Waals surface area contributed by atoms with Crippen LogP contribution in [0.5, 0.6) is 0 Å². The predicted molar refractivity (Wildman–Crippen MR) is 132 cm³/mol. The number of hydrogen-bond acceptors (Lipinski definition) is 5. The lowest BCUT2D eigenvalue weighted by atomic mass is 10.2. The Labute approximate surface area is 198 Å². The van der Waals surface area contributed by atoms with E-state index in [9.17, 15) is 8.42 Å². The van der Waals surface area contributed by atoms with Crippen molar-refractivity contribution in [3.05, 3.63) is 88.4 Å². The average molecular weight is 482 g/mol. The summed E-state index contributed by atoms with van der Waals surface area (Å²) in [5, 5.41) is 2.05. The molecule has 2 aromatic heterocycles. The molecule has 0 saturated carbocycles. The molecule has 0 aliphatic carbocycles. The van der Waals surface area contributed by atoms with Gasteiger partial charge in [-0.1, -0.05) is 43.7 Å². The van der Waals surface area contributed by atoms with Crippen LogP contribution in [0.1, 0.15) is 25.2 Å². The summed E-state index contributed by atoms with van der Waals surface area (Å²) in [7, 11) is -3.49. The maximum Gasteiger partial charge on any atom is 0.243 e. The number of nitrogens with zero attached hydrogens (tertiary/aromatic N) is 3. The van der Waals surface area contributed by atoms with Crippen LogP contribution >= 0.6 is 11.3 Å². The molecule has 0 bridgehead atoms. The van der Waals surface area contributed by atoms with Crippen LogP contribution in [0.2, 0.25) is 0 Å². The van der Waals surface area contributed by atoms with Crippen molar-refractivity contribution in [2.24, 2.45) is 4.99 Å². The summed E-state index contributed by atoms with van der Waals surface area (Å²) in [6.45, 7) is 7.15. The molecule has 0 fully saturated rings. The van der Waals surface area contributed by atoms with Crippen LogP contribution in [-0.2, 0) is 16.6 Å². The molecule has 0 spiro atoms. The highest BCUT2D eigenvalue weighted by Crippen LogP contribution is 2.25. The Bertz CT molecular complexity index is 1360. The topological polar surface area (TPSA) is 67.8 Å². The van der Waals surface area contributed by atoms with E-state index in [0.29, 0.717) is 24.5 Å². The molecule has 2 heterocycles. The van der Waals surface area contributed by atoms with Crippen LogP contribution in [0.3, 0.4) is 0 Å². The molecule has 0 saturated heterocycles. The number of rotatable bonds is 8. The molecule has 0 amide bonds. The van der Waals surface area contributed by atoms with Gasteiger partial charge in [-0.2, -0.15) is 4.31 Å². The van der Waals surface area contributed by atoms with Gasteiger partial charge in [-0.05, 0) is 48.9 Å². The minimum Gasteiger partial charge on any atom is -0.467 e. The van der Waals surface area contributed by atoms with Crippen LogP contribution in [0.4, 0.5) is 5.69 Å². The number of aryl methyl sites for hydroxylation is 1. The molecule has 6 nitrogen and oxygen atoms in total. The Morgan fingerprint density at radius 1 is 1.00 bits per heavy atom. The molecular formula is C25H27N3O3S2. The fourth-order valence-electron chi connectivity index (χ4n) is 3.60. The summed E-state index contributed by atoms with van der Waals surface area (Å²) in [5.74, 6) is 0.820. The van der Waals surface area contributed by atoms with E-state index in [4.69, 9.17) is 9.41 Å². The highest BCUT2D eigenvalue weighted by atomic mass is 32.2. The maximum absolute atomic E-state index is 12.8. The number of aromatic nitrogens is 1. The number of sulfonamides is 1. The van der Waals surface area contributed by atoms with E-state index in [2.05, 4.69) is 4.57 Å². The van der Waals surface area contributed by atoms with Gasteiger partial charge in [0.2, 0.25) is 10.0 Å². The third-order valence-electron chi connectivity index (χ3n) is 5.44. The normalized spacial score (nSPS) is 12.5. The van der Waals surface area contributed by atoms with E-state index < -0.39 is 10.0 Å². The third-order valence-corrected chi connectivity index (χ3v) is 8.37. The smallest absolute Gasteiger partial charge is 0.243 e. The van der Waals surface area contributed by atoms with E-state index >= 15 is 0 Å². The van der Waals surface area contributed by atoms with E-state index in [1.165, 1.54) is 9.87 Å². The van der Waals surface area contributed by atoms with Gasteiger partial charge in [0, 0.05) is 18.5 Å². The van der Waals surface area contributed by atoms with Crippen molar-refractivity contribution in [3.8, 4) is 11.3 Å². The quantitative estimate of drug-likeness (QED) is 0.337. The number of furan rings is 1. The SMILES string of the molecule is CCN(CC)S(=O)(=O)c1ccc(-c2csc(=Nc3ccc(C)cc3)n2Cc2ccco2)cc1. The predicted octanol–water partition coefficient (Wildman–Crippen LogP) is 5.43. The van der Waals surface area contributed by atoms with Gasteiger partial charge in [0.15, 0.2) is 4.80 Å². The van der Waals surface area contributed by atoms with Gasteiger partial charge in [-0.15, -0.1) is 11.3 Å². The number of hydrogen-bond donors (Lipinski definition) is 0. The zero-order valence-electron chi connectivity index (χ0n) is 18.9. The first-order valence-electron chi connectivity index (χ1n) is 10.8. The molecule has 0 unspecified atom stereocenters. The zero-order chi connectivity index (χ0) is 23.4. The van der Waals surface area contributed by atoms with Crippen molar-refractivity contribution in [1.82, 2.24) is 8.87 Å². The summed E-state index contributed by atoms with van der Waals surface area (Å²) >= 11 is 1.54. The second kappa shape index (κ2) is 9.91. The average Bonchev–Trinajstić information content (AvgIpc) is 3.47. The van der Waals surface area contributed by atoms with Crippen LogP contribution in [-0.4, -0.2) is 30.4 Å². The molecule has 0 radical (unpaired) electrons. The fraction of sp³-hybridized carbons (Fsp3) is 0.240. The minimum atomic E-state index is -3.49. The van der Waals surface area contributed by atoms with Gasteiger partial charge in [-0.3, -0.25) is 0 Å². The van der Waals surface area contributed by atoms with E-state index in [0.717, 1.165) is 27.5 Å². The van der Waals surface area contributed by atoms with Crippen molar-refractivity contribution < 1.29 is 12.8 Å². The Balaban J connectivity index is 1.76. The highest BCUT2D eigenvalue weighted by molar-refractivity contribution is 7.89. The van der Waals surface area contributed by atoms with Crippen molar-refractivity contribution in [3.63, 3.8) is 0 Å². The maximum atomic E-state index is 12.8. The summed E-state index contributed by atoms with van der Waals surface area (Å²) in [6, 6.07) is 18.9. The molecule has 0 N–H and O–H groups in total. The first kappa shape index (κ1) is 23.2. The molecule has 172 valence electrons. The molecular weight excluding hydrogens is 454 g/mol. The molecule has 8 heteroatoms. The molecule has 4 rings (SSSR count). The summed E-state index contributed by atoms with van der Waals surface area (Å²) in [4.78, 5) is 5.98. The molecule has 2 aromatic carbocycles. The van der Waals surface area contributed by atoms with Crippen molar-refractivity contribution in [2.45, 2.75) is 32.2 Å². The largest absolute Gasteiger partial charge is 0.467 e.